The lowest BCUT2D eigenvalue weighted by molar-refractivity contribution is 0.515. The Morgan fingerprint density at radius 2 is 1.68 bits per heavy atom. The van der Waals surface area contributed by atoms with Crippen molar-refractivity contribution in [2.24, 2.45) is 0 Å². The molecule has 0 amide bonds. The van der Waals surface area contributed by atoms with Crippen molar-refractivity contribution in [1.82, 2.24) is 10.2 Å². The first kappa shape index (κ1) is 14.3. The minimum Gasteiger partial charge on any atom is -0.419 e. The number of hydrogen-bond acceptors (Lipinski definition) is 4. The number of nitrogens with zero attached hydrogens (tertiary/aromatic N) is 2. The lowest BCUT2D eigenvalue weighted by Gasteiger charge is -2.04. The fourth-order valence-corrected chi connectivity index (χ4v) is 2.17. The Morgan fingerprint density at radius 1 is 0.955 bits per heavy atom. The molecule has 0 aliphatic rings. The largest absolute Gasteiger partial charge is 0.419 e. The Morgan fingerprint density at radius 3 is 2.36 bits per heavy atom. The molecule has 0 fully saturated rings. The zero-order valence-corrected chi connectivity index (χ0v) is 12.8. The molecule has 22 heavy (non-hydrogen) atoms. The zero-order valence-electron chi connectivity index (χ0n) is 12.8. The van der Waals surface area contributed by atoms with E-state index in [0.29, 0.717) is 18.3 Å². The Bertz CT molecular complexity index is 730. The van der Waals surface area contributed by atoms with E-state index in [4.69, 9.17) is 4.42 Å². The third kappa shape index (κ3) is 3.34. The monoisotopic (exact) mass is 293 g/mol. The van der Waals surface area contributed by atoms with Crippen LogP contribution < -0.4 is 5.32 Å². The van der Waals surface area contributed by atoms with Crippen LogP contribution in [-0.2, 0) is 13.0 Å². The predicted molar refractivity (Wildman–Crippen MR) is 87.6 cm³/mol. The third-order valence-electron chi connectivity index (χ3n) is 3.57. The molecular formula is C18H19N3O. The molecule has 4 nitrogen and oxygen atoms in total. The molecule has 1 heterocycles. The van der Waals surface area contributed by atoms with E-state index in [2.05, 4.69) is 53.6 Å². The Balaban J connectivity index is 1.65. The molecule has 0 aliphatic carbocycles. The van der Waals surface area contributed by atoms with E-state index in [-0.39, 0.29) is 0 Å². The van der Waals surface area contributed by atoms with Gasteiger partial charge in [0.2, 0.25) is 11.8 Å². The highest BCUT2D eigenvalue weighted by Gasteiger charge is 2.08. The second-order valence-electron chi connectivity index (χ2n) is 5.27. The molecule has 0 radical (unpaired) electrons. The van der Waals surface area contributed by atoms with Gasteiger partial charge in [0.05, 0.1) is 6.54 Å². The summed E-state index contributed by atoms with van der Waals surface area (Å²) in [6.07, 6.45) is 1.05. The fraction of sp³-hybridized carbons (Fsp3) is 0.222. The molecule has 3 aromatic rings. The average Bonchev–Trinajstić information content (AvgIpc) is 3.03. The van der Waals surface area contributed by atoms with Gasteiger partial charge in [-0.05, 0) is 43.2 Å². The maximum Gasteiger partial charge on any atom is 0.247 e. The number of anilines is 1. The van der Waals surface area contributed by atoms with Crippen LogP contribution in [0.3, 0.4) is 0 Å². The molecule has 0 spiro atoms. The van der Waals surface area contributed by atoms with E-state index in [1.807, 2.05) is 24.3 Å². The van der Waals surface area contributed by atoms with Gasteiger partial charge in [0.25, 0.3) is 0 Å². The summed E-state index contributed by atoms with van der Waals surface area (Å²) in [6, 6.07) is 16.4. The minimum absolute atomic E-state index is 0.518. The van der Waals surface area contributed by atoms with Crippen molar-refractivity contribution in [3.05, 3.63) is 65.5 Å². The topological polar surface area (TPSA) is 51.0 Å². The Hall–Kier alpha value is -2.62. The smallest absolute Gasteiger partial charge is 0.247 e. The van der Waals surface area contributed by atoms with Crippen molar-refractivity contribution in [1.29, 1.82) is 0 Å². The van der Waals surface area contributed by atoms with Crippen molar-refractivity contribution >= 4 is 5.69 Å². The number of aryl methyl sites for hydroxylation is 2. The van der Waals surface area contributed by atoms with Crippen LogP contribution in [-0.4, -0.2) is 10.2 Å². The first-order chi connectivity index (χ1) is 10.7. The van der Waals surface area contributed by atoms with Gasteiger partial charge in [0.1, 0.15) is 0 Å². The molecule has 0 unspecified atom stereocenters. The molecule has 0 atom stereocenters. The van der Waals surface area contributed by atoms with Gasteiger partial charge < -0.3 is 9.73 Å². The molecule has 0 saturated heterocycles. The highest BCUT2D eigenvalue weighted by atomic mass is 16.4. The Kier molecular flexibility index (Phi) is 4.19. The van der Waals surface area contributed by atoms with Gasteiger partial charge >= 0.3 is 0 Å². The summed E-state index contributed by atoms with van der Waals surface area (Å²) in [7, 11) is 0. The number of rotatable bonds is 5. The van der Waals surface area contributed by atoms with Crippen LogP contribution >= 0.6 is 0 Å². The first-order valence-corrected chi connectivity index (χ1v) is 7.47. The summed E-state index contributed by atoms with van der Waals surface area (Å²) in [5, 5.41) is 11.5. The molecule has 0 bridgehead atoms. The van der Waals surface area contributed by atoms with Gasteiger partial charge in [-0.15, -0.1) is 10.2 Å². The fourth-order valence-electron chi connectivity index (χ4n) is 2.17. The van der Waals surface area contributed by atoms with Gasteiger partial charge in [0.15, 0.2) is 0 Å². The lowest BCUT2D eigenvalue weighted by atomic mass is 10.1. The third-order valence-corrected chi connectivity index (χ3v) is 3.57. The van der Waals surface area contributed by atoms with Crippen LogP contribution in [0.15, 0.2) is 52.9 Å². The van der Waals surface area contributed by atoms with E-state index >= 15 is 0 Å². The SMILES string of the molecule is CCc1ccc(NCc2nnc(-c3ccc(C)cc3)o2)cc1. The average molecular weight is 293 g/mol. The molecule has 0 aliphatic heterocycles. The van der Waals surface area contributed by atoms with Gasteiger partial charge in [-0.25, -0.2) is 0 Å². The van der Waals surface area contributed by atoms with E-state index in [9.17, 15) is 0 Å². The van der Waals surface area contributed by atoms with E-state index < -0.39 is 0 Å². The molecular weight excluding hydrogens is 274 g/mol. The van der Waals surface area contributed by atoms with Gasteiger partial charge in [-0.3, -0.25) is 0 Å². The molecule has 4 heteroatoms. The number of benzene rings is 2. The second-order valence-corrected chi connectivity index (χ2v) is 5.27. The van der Waals surface area contributed by atoms with E-state index in [1.165, 1.54) is 11.1 Å². The summed E-state index contributed by atoms with van der Waals surface area (Å²) in [6.45, 7) is 4.72. The summed E-state index contributed by atoms with van der Waals surface area (Å²) < 4.78 is 5.69. The summed E-state index contributed by atoms with van der Waals surface area (Å²) in [5.74, 6) is 1.13. The van der Waals surface area contributed by atoms with Crippen LogP contribution in [0, 0.1) is 6.92 Å². The van der Waals surface area contributed by atoms with Gasteiger partial charge in [0, 0.05) is 11.3 Å². The van der Waals surface area contributed by atoms with Crippen molar-refractivity contribution in [2.45, 2.75) is 26.8 Å². The summed E-state index contributed by atoms with van der Waals surface area (Å²) in [4.78, 5) is 0. The van der Waals surface area contributed by atoms with E-state index in [0.717, 1.165) is 17.7 Å². The zero-order chi connectivity index (χ0) is 15.4. The number of nitrogens with one attached hydrogen (secondary N) is 1. The Labute approximate surface area is 130 Å². The van der Waals surface area contributed by atoms with Crippen LogP contribution in [0.25, 0.3) is 11.5 Å². The number of hydrogen-bond donors (Lipinski definition) is 1. The normalized spacial score (nSPS) is 10.6. The summed E-state index contributed by atoms with van der Waals surface area (Å²) in [5.41, 5.74) is 4.52. The molecule has 112 valence electrons. The van der Waals surface area contributed by atoms with Crippen LogP contribution in [0.5, 0.6) is 0 Å². The predicted octanol–water partition coefficient (Wildman–Crippen LogP) is 4.22. The molecule has 1 aromatic heterocycles. The quantitative estimate of drug-likeness (QED) is 0.765. The van der Waals surface area contributed by atoms with Crippen molar-refractivity contribution in [3.63, 3.8) is 0 Å². The van der Waals surface area contributed by atoms with Crippen molar-refractivity contribution in [3.8, 4) is 11.5 Å². The summed E-state index contributed by atoms with van der Waals surface area (Å²) >= 11 is 0. The highest BCUT2D eigenvalue weighted by Crippen LogP contribution is 2.19. The van der Waals surface area contributed by atoms with Crippen LogP contribution in [0.4, 0.5) is 5.69 Å². The highest BCUT2D eigenvalue weighted by molar-refractivity contribution is 5.53. The maximum absolute atomic E-state index is 5.69. The first-order valence-electron chi connectivity index (χ1n) is 7.47. The van der Waals surface area contributed by atoms with Crippen LogP contribution in [0.2, 0.25) is 0 Å². The van der Waals surface area contributed by atoms with Gasteiger partial charge in [-0.2, -0.15) is 0 Å². The minimum atomic E-state index is 0.518. The van der Waals surface area contributed by atoms with Gasteiger partial charge in [-0.1, -0.05) is 36.8 Å². The number of aromatic nitrogens is 2. The molecule has 1 N–H and O–H groups in total. The van der Waals surface area contributed by atoms with Crippen molar-refractivity contribution < 1.29 is 4.42 Å². The van der Waals surface area contributed by atoms with E-state index in [1.54, 1.807) is 0 Å². The lowest BCUT2D eigenvalue weighted by Crippen LogP contribution is -1.99. The molecule has 3 rings (SSSR count). The maximum atomic E-state index is 5.69. The molecule has 0 saturated carbocycles. The van der Waals surface area contributed by atoms with Crippen LogP contribution in [0.1, 0.15) is 23.9 Å². The molecule has 2 aromatic carbocycles. The van der Waals surface area contributed by atoms with Crippen molar-refractivity contribution in [2.75, 3.05) is 5.32 Å². The standard InChI is InChI=1S/C18H19N3O/c1-3-14-6-10-16(11-7-14)19-12-17-20-21-18(22-17)15-8-4-13(2)5-9-15/h4-11,19H,3,12H2,1-2H3. The second kappa shape index (κ2) is 6.43.